The van der Waals surface area contributed by atoms with Crippen molar-refractivity contribution < 1.29 is 9.59 Å². The van der Waals surface area contributed by atoms with Gasteiger partial charge in [0.1, 0.15) is 0 Å². The molecule has 2 amide bonds. The standard InChI is InChI=1S/C16H11BrN4O2/c1-8-12-13-11(7-18-14(12)20(2)19-8)15(22)21(16(13)23)10-5-3-9(17)4-6-10/h3-7H,1-2H3. The van der Waals surface area contributed by atoms with Crippen molar-refractivity contribution in [3.05, 3.63) is 51.8 Å². The second-order valence-electron chi connectivity index (χ2n) is 5.38. The topological polar surface area (TPSA) is 68.1 Å². The average molecular weight is 371 g/mol. The molecule has 0 aliphatic carbocycles. The van der Waals surface area contributed by atoms with E-state index >= 15 is 0 Å². The fourth-order valence-electron chi connectivity index (χ4n) is 2.95. The summed E-state index contributed by atoms with van der Waals surface area (Å²) >= 11 is 3.35. The zero-order valence-corrected chi connectivity index (χ0v) is 14.0. The summed E-state index contributed by atoms with van der Waals surface area (Å²) in [7, 11) is 1.77. The summed E-state index contributed by atoms with van der Waals surface area (Å²) in [5, 5.41) is 4.94. The maximum atomic E-state index is 12.9. The molecule has 4 rings (SSSR count). The molecule has 114 valence electrons. The minimum atomic E-state index is -0.357. The van der Waals surface area contributed by atoms with Crippen molar-refractivity contribution in [3.63, 3.8) is 0 Å². The number of hydrogen-bond acceptors (Lipinski definition) is 4. The molecule has 0 fully saturated rings. The van der Waals surface area contributed by atoms with Crippen molar-refractivity contribution >= 4 is 44.5 Å². The summed E-state index contributed by atoms with van der Waals surface area (Å²) in [5.74, 6) is -0.694. The summed E-state index contributed by atoms with van der Waals surface area (Å²) in [6.07, 6.45) is 1.46. The van der Waals surface area contributed by atoms with Crippen LogP contribution in [0.2, 0.25) is 0 Å². The predicted molar refractivity (Wildman–Crippen MR) is 88.5 cm³/mol. The summed E-state index contributed by atoms with van der Waals surface area (Å²) < 4.78 is 2.50. The summed E-state index contributed by atoms with van der Waals surface area (Å²) in [6, 6.07) is 7.04. The Morgan fingerprint density at radius 1 is 1.09 bits per heavy atom. The maximum absolute atomic E-state index is 12.9. The second-order valence-corrected chi connectivity index (χ2v) is 6.29. The normalized spacial score (nSPS) is 14.0. The number of pyridine rings is 1. The Bertz CT molecular complexity index is 991. The molecule has 1 aliphatic rings. The highest BCUT2D eigenvalue weighted by Gasteiger charge is 2.39. The minimum Gasteiger partial charge on any atom is -0.268 e. The lowest BCUT2D eigenvalue weighted by atomic mass is 10.1. The molecule has 0 saturated carbocycles. The van der Waals surface area contributed by atoms with Crippen molar-refractivity contribution in [2.24, 2.45) is 7.05 Å². The van der Waals surface area contributed by atoms with E-state index < -0.39 is 0 Å². The summed E-state index contributed by atoms with van der Waals surface area (Å²) in [4.78, 5) is 31.1. The molecule has 0 spiro atoms. The van der Waals surface area contributed by atoms with Crippen LogP contribution in [0.3, 0.4) is 0 Å². The van der Waals surface area contributed by atoms with Crippen molar-refractivity contribution in [1.82, 2.24) is 14.8 Å². The van der Waals surface area contributed by atoms with Gasteiger partial charge in [-0.2, -0.15) is 5.10 Å². The first-order valence-corrected chi connectivity index (χ1v) is 7.75. The molecule has 0 atom stereocenters. The number of aromatic nitrogens is 3. The third kappa shape index (κ3) is 1.86. The molecule has 2 aromatic heterocycles. The number of fused-ring (bicyclic) bond motifs is 3. The van der Waals surface area contributed by atoms with E-state index in [-0.39, 0.29) is 11.8 Å². The van der Waals surface area contributed by atoms with Gasteiger partial charge in [0.2, 0.25) is 0 Å². The minimum absolute atomic E-state index is 0.321. The highest BCUT2D eigenvalue weighted by atomic mass is 79.9. The van der Waals surface area contributed by atoms with Gasteiger partial charge in [0.25, 0.3) is 11.8 Å². The highest BCUT2D eigenvalue weighted by Crippen LogP contribution is 2.33. The van der Waals surface area contributed by atoms with Crippen LogP contribution in [0.15, 0.2) is 34.9 Å². The lowest BCUT2D eigenvalue weighted by Gasteiger charge is -2.13. The van der Waals surface area contributed by atoms with Gasteiger partial charge in [-0.1, -0.05) is 15.9 Å². The van der Waals surface area contributed by atoms with Crippen LogP contribution in [0.25, 0.3) is 11.0 Å². The summed E-state index contributed by atoms with van der Waals surface area (Å²) in [5.41, 5.74) is 2.52. The van der Waals surface area contributed by atoms with Crippen molar-refractivity contribution in [2.75, 3.05) is 4.90 Å². The SMILES string of the molecule is Cc1nn(C)c2ncc3c(c12)C(=O)N(c1ccc(Br)cc1)C3=O. The number of amides is 2. The maximum Gasteiger partial charge on any atom is 0.267 e. The number of carbonyl (C=O) groups excluding carboxylic acids is 2. The molecule has 0 N–H and O–H groups in total. The van der Waals surface area contributed by atoms with E-state index in [1.165, 1.54) is 11.1 Å². The van der Waals surface area contributed by atoms with Gasteiger partial charge in [0.05, 0.1) is 27.9 Å². The Kier molecular flexibility index (Phi) is 2.89. The van der Waals surface area contributed by atoms with Crippen LogP contribution in [0.4, 0.5) is 5.69 Å². The summed E-state index contributed by atoms with van der Waals surface area (Å²) in [6.45, 7) is 1.81. The van der Waals surface area contributed by atoms with Gasteiger partial charge in [0, 0.05) is 17.7 Å². The number of carbonyl (C=O) groups is 2. The van der Waals surface area contributed by atoms with Crippen molar-refractivity contribution in [2.45, 2.75) is 6.92 Å². The van der Waals surface area contributed by atoms with E-state index in [4.69, 9.17) is 0 Å². The number of aryl methyl sites for hydroxylation is 2. The number of nitrogens with zero attached hydrogens (tertiary/aromatic N) is 4. The van der Waals surface area contributed by atoms with E-state index in [1.54, 1.807) is 36.0 Å². The van der Waals surface area contributed by atoms with Crippen LogP contribution in [-0.4, -0.2) is 26.6 Å². The third-order valence-corrected chi connectivity index (χ3v) is 4.49. The van der Waals surface area contributed by atoms with Crippen LogP contribution in [0, 0.1) is 6.92 Å². The van der Waals surface area contributed by atoms with E-state index in [1.807, 2.05) is 6.92 Å². The van der Waals surface area contributed by atoms with Crippen LogP contribution < -0.4 is 4.90 Å². The Balaban J connectivity index is 1.96. The first-order chi connectivity index (χ1) is 11.0. The Hall–Kier alpha value is -2.54. The first kappa shape index (κ1) is 14.1. The molecule has 6 nitrogen and oxygen atoms in total. The van der Waals surface area contributed by atoms with Crippen LogP contribution in [0.1, 0.15) is 26.4 Å². The monoisotopic (exact) mass is 370 g/mol. The molecule has 0 unspecified atom stereocenters. The largest absolute Gasteiger partial charge is 0.268 e. The van der Waals surface area contributed by atoms with Gasteiger partial charge in [-0.05, 0) is 31.2 Å². The van der Waals surface area contributed by atoms with Gasteiger partial charge in [0.15, 0.2) is 5.65 Å². The molecular formula is C16H11BrN4O2. The van der Waals surface area contributed by atoms with Crippen LogP contribution >= 0.6 is 15.9 Å². The predicted octanol–water partition coefficient (Wildman–Crippen LogP) is 2.84. The lowest BCUT2D eigenvalue weighted by Crippen LogP contribution is -2.29. The van der Waals surface area contributed by atoms with E-state index in [0.29, 0.717) is 33.5 Å². The van der Waals surface area contributed by atoms with Gasteiger partial charge in [-0.25, -0.2) is 9.88 Å². The Labute approximate surface area is 139 Å². The fraction of sp³-hybridized carbons (Fsp3) is 0.125. The number of halogens is 1. The highest BCUT2D eigenvalue weighted by molar-refractivity contribution is 9.10. The average Bonchev–Trinajstić information content (AvgIpc) is 2.96. The van der Waals surface area contributed by atoms with E-state index in [2.05, 4.69) is 26.0 Å². The number of rotatable bonds is 1. The zero-order chi connectivity index (χ0) is 16.3. The van der Waals surface area contributed by atoms with Gasteiger partial charge >= 0.3 is 0 Å². The first-order valence-electron chi connectivity index (χ1n) is 6.95. The molecule has 3 aromatic rings. The molecule has 1 aromatic carbocycles. The molecule has 1 aliphatic heterocycles. The molecular weight excluding hydrogens is 360 g/mol. The molecule has 0 saturated heterocycles. The fourth-order valence-corrected chi connectivity index (χ4v) is 3.21. The van der Waals surface area contributed by atoms with Crippen LogP contribution in [0.5, 0.6) is 0 Å². The van der Waals surface area contributed by atoms with Gasteiger partial charge in [-0.15, -0.1) is 0 Å². The number of hydrogen-bond donors (Lipinski definition) is 0. The van der Waals surface area contributed by atoms with Crippen molar-refractivity contribution in [1.29, 1.82) is 0 Å². The van der Waals surface area contributed by atoms with Gasteiger partial charge < -0.3 is 0 Å². The quantitative estimate of drug-likeness (QED) is 0.617. The second kappa shape index (κ2) is 4.73. The molecule has 23 heavy (non-hydrogen) atoms. The molecule has 0 radical (unpaired) electrons. The Morgan fingerprint density at radius 2 is 1.78 bits per heavy atom. The number of anilines is 1. The lowest BCUT2D eigenvalue weighted by molar-refractivity contribution is 0.0926. The van der Waals surface area contributed by atoms with E-state index in [0.717, 1.165) is 4.47 Å². The number of benzene rings is 1. The number of imide groups is 1. The van der Waals surface area contributed by atoms with Gasteiger partial charge in [-0.3, -0.25) is 14.3 Å². The molecule has 0 bridgehead atoms. The van der Waals surface area contributed by atoms with Crippen molar-refractivity contribution in [3.8, 4) is 0 Å². The Morgan fingerprint density at radius 3 is 2.48 bits per heavy atom. The van der Waals surface area contributed by atoms with Crippen LogP contribution in [-0.2, 0) is 7.05 Å². The third-order valence-electron chi connectivity index (χ3n) is 3.96. The zero-order valence-electron chi connectivity index (χ0n) is 12.4. The smallest absolute Gasteiger partial charge is 0.267 e. The molecule has 3 heterocycles. The van der Waals surface area contributed by atoms with E-state index in [9.17, 15) is 9.59 Å². The molecule has 7 heteroatoms.